The second-order valence-corrected chi connectivity index (χ2v) is 5.08. The summed E-state index contributed by atoms with van der Waals surface area (Å²) < 4.78 is 26.5. The zero-order valence-electron chi connectivity index (χ0n) is 11.5. The first-order chi connectivity index (χ1) is 9.90. The van der Waals surface area contributed by atoms with Crippen LogP contribution in [0.15, 0.2) is 0 Å². The molecule has 1 saturated carbocycles. The minimum atomic E-state index is -3.05. The van der Waals surface area contributed by atoms with E-state index >= 15 is 0 Å². The van der Waals surface area contributed by atoms with E-state index in [-0.39, 0.29) is 24.2 Å². The Morgan fingerprint density at radius 1 is 1.52 bits per heavy atom. The van der Waals surface area contributed by atoms with Gasteiger partial charge in [0.1, 0.15) is 12.2 Å². The van der Waals surface area contributed by atoms with Crippen molar-refractivity contribution in [3.8, 4) is 0 Å². The Labute approximate surface area is 119 Å². The topological polar surface area (TPSA) is 90.1 Å². The van der Waals surface area contributed by atoms with Crippen molar-refractivity contribution in [3.63, 3.8) is 0 Å². The molecular weight excluding hydrogens is 286 g/mol. The van der Waals surface area contributed by atoms with Crippen LogP contribution in [-0.2, 0) is 11.3 Å². The Kier molecular flexibility index (Phi) is 4.49. The number of halogens is 2. The molecule has 1 amide bonds. The molecule has 2 rings (SSSR count). The minimum absolute atomic E-state index is 0.0446. The summed E-state index contributed by atoms with van der Waals surface area (Å²) in [6.45, 7) is 1.01. The summed E-state index contributed by atoms with van der Waals surface area (Å²) >= 11 is 0. The maximum Gasteiger partial charge on any atom is 0.319 e. The molecule has 21 heavy (non-hydrogen) atoms. The summed E-state index contributed by atoms with van der Waals surface area (Å²) in [5.41, 5.74) is -1.67. The highest BCUT2D eigenvalue weighted by Crippen LogP contribution is 2.30. The first-order valence-electron chi connectivity index (χ1n) is 6.69. The molecule has 1 aliphatic rings. The minimum Gasteiger partial charge on any atom is -0.352 e. The van der Waals surface area contributed by atoms with E-state index in [9.17, 15) is 23.7 Å². The van der Waals surface area contributed by atoms with Crippen molar-refractivity contribution in [2.24, 2.45) is 0 Å². The average Bonchev–Trinajstić information content (AvgIpc) is 2.98. The van der Waals surface area contributed by atoms with Crippen LogP contribution in [0.4, 0.5) is 14.5 Å². The van der Waals surface area contributed by atoms with Crippen molar-refractivity contribution in [3.05, 3.63) is 21.5 Å². The molecule has 0 aliphatic heterocycles. The van der Waals surface area contributed by atoms with Crippen LogP contribution in [0, 0.1) is 17.0 Å². The van der Waals surface area contributed by atoms with Gasteiger partial charge in [-0.15, -0.1) is 0 Å². The van der Waals surface area contributed by atoms with Crippen LogP contribution in [-0.4, -0.2) is 26.7 Å². The van der Waals surface area contributed by atoms with Crippen LogP contribution < -0.4 is 5.32 Å². The van der Waals surface area contributed by atoms with E-state index in [1.807, 2.05) is 0 Å². The summed E-state index contributed by atoms with van der Waals surface area (Å²) in [5.74, 6) is -0.372. The number of carbonyl (C=O) groups is 1. The van der Waals surface area contributed by atoms with Crippen molar-refractivity contribution < 1.29 is 18.5 Å². The molecule has 7 nitrogen and oxygen atoms in total. The van der Waals surface area contributed by atoms with Gasteiger partial charge in [0.05, 0.1) is 4.92 Å². The van der Waals surface area contributed by atoms with Gasteiger partial charge in [-0.25, -0.2) is 8.78 Å². The lowest BCUT2D eigenvalue weighted by molar-refractivity contribution is -0.386. The first-order valence-corrected chi connectivity index (χ1v) is 6.69. The number of carbonyl (C=O) groups excluding carboxylic acids is 1. The summed E-state index contributed by atoms with van der Waals surface area (Å²) in [4.78, 5) is 21.8. The van der Waals surface area contributed by atoms with Gasteiger partial charge in [-0.1, -0.05) is 12.8 Å². The number of aromatic nitrogens is 2. The largest absolute Gasteiger partial charge is 0.352 e. The van der Waals surface area contributed by atoms with E-state index < -0.39 is 22.7 Å². The van der Waals surface area contributed by atoms with Crippen LogP contribution in [0.5, 0.6) is 0 Å². The predicted octanol–water partition coefficient (Wildman–Crippen LogP) is 2.10. The third kappa shape index (κ3) is 3.34. The van der Waals surface area contributed by atoms with Gasteiger partial charge in [-0.05, 0) is 19.8 Å². The Morgan fingerprint density at radius 3 is 2.62 bits per heavy atom. The molecule has 0 unspecified atom stereocenters. The highest BCUT2D eigenvalue weighted by Gasteiger charge is 2.31. The molecule has 0 radical (unpaired) electrons. The number of nitrogens with one attached hydrogen (secondary N) is 1. The second kappa shape index (κ2) is 6.15. The number of hydrogen-bond acceptors (Lipinski definition) is 4. The molecule has 116 valence electrons. The van der Waals surface area contributed by atoms with Crippen LogP contribution >= 0.6 is 0 Å². The van der Waals surface area contributed by atoms with Gasteiger partial charge in [0.25, 0.3) is 6.43 Å². The quantitative estimate of drug-likeness (QED) is 0.666. The predicted molar refractivity (Wildman–Crippen MR) is 69.0 cm³/mol. The van der Waals surface area contributed by atoms with E-state index in [0.29, 0.717) is 0 Å². The molecule has 0 saturated heterocycles. The molecular formula is C12H16F2N4O3. The van der Waals surface area contributed by atoms with E-state index in [4.69, 9.17) is 0 Å². The third-order valence-corrected chi connectivity index (χ3v) is 3.60. The van der Waals surface area contributed by atoms with Crippen LogP contribution in [0.25, 0.3) is 0 Å². The molecule has 1 aromatic heterocycles. The van der Waals surface area contributed by atoms with Crippen LogP contribution in [0.1, 0.15) is 43.5 Å². The van der Waals surface area contributed by atoms with E-state index in [0.717, 1.165) is 30.4 Å². The van der Waals surface area contributed by atoms with E-state index in [2.05, 4.69) is 10.4 Å². The molecule has 1 aromatic rings. The molecule has 1 aliphatic carbocycles. The summed E-state index contributed by atoms with van der Waals surface area (Å²) in [6, 6.07) is 0.0953. The summed E-state index contributed by atoms with van der Waals surface area (Å²) in [7, 11) is 0. The van der Waals surface area contributed by atoms with Crippen molar-refractivity contribution in [1.29, 1.82) is 0 Å². The molecule has 0 atom stereocenters. The maximum atomic E-state index is 12.8. The van der Waals surface area contributed by atoms with Gasteiger partial charge in [-0.2, -0.15) is 5.10 Å². The SMILES string of the molecule is Cc1c([N+](=O)[O-])c(C(F)F)nn1CC(=O)NC1CCCC1. The molecule has 1 fully saturated rings. The Balaban J connectivity index is 2.14. The van der Waals surface area contributed by atoms with Gasteiger partial charge in [0, 0.05) is 6.04 Å². The Morgan fingerprint density at radius 2 is 2.14 bits per heavy atom. The molecule has 0 aromatic carbocycles. The van der Waals surface area contributed by atoms with Crippen molar-refractivity contribution >= 4 is 11.6 Å². The lowest BCUT2D eigenvalue weighted by atomic mass is 10.2. The third-order valence-electron chi connectivity index (χ3n) is 3.60. The van der Waals surface area contributed by atoms with Gasteiger partial charge in [0.15, 0.2) is 0 Å². The Hall–Kier alpha value is -2.06. The van der Waals surface area contributed by atoms with Crippen molar-refractivity contribution in [2.75, 3.05) is 0 Å². The van der Waals surface area contributed by atoms with Crippen LogP contribution in [0.3, 0.4) is 0 Å². The zero-order valence-corrected chi connectivity index (χ0v) is 11.5. The van der Waals surface area contributed by atoms with Crippen molar-refractivity contribution in [2.45, 2.75) is 51.6 Å². The van der Waals surface area contributed by atoms with Crippen LogP contribution in [0.2, 0.25) is 0 Å². The lowest BCUT2D eigenvalue weighted by Crippen LogP contribution is -2.35. The first kappa shape index (κ1) is 15.3. The number of rotatable bonds is 5. The molecule has 1 heterocycles. The number of alkyl halides is 2. The summed E-state index contributed by atoms with van der Waals surface area (Å²) in [5, 5.41) is 17.1. The number of amides is 1. The standard InChI is InChI=1S/C12H16F2N4O3/c1-7-11(18(20)21)10(12(13)14)16-17(7)6-9(19)15-8-4-2-3-5-8/h8,12H,2-6H2,1H3,(H,15,19). The zero-order chi connectivity index (χ0) is 15.6. The Bertz CT molecular complexity index is 553. The molecule has 9 heteroatoms. The smallest absolute Gasteiger partial charge is 0.319 e. The van der Waals surface area contributed by atoms with Gasteiger partial charge in [-0.3, -0.25) is 19.6 Å². The normalized spacial score (nSPS) is 15.6. The monoisotopic (exact) mass is 302 g/mol. The molecule has 0 spiro atoms. The fourth-order valence-corrected chi connectivity index (χ4v) is 2.57. The lowest BCUT2D eigenvalue weighted by Gasteiger charge is -2.12. The van der Waals surface area contributed by atoms with Gasteiger partial charge in [0.2, 0.25) is 11.6 Å². The molecule has 1 N–H and O–H groups in total. The fourth-order valence-electron chi connectivity index (χ4n) is 2.57. The highest BCUT2D eigenvalue weighted by molar-refractivity contribution is 5.76. The van der Waals surface area contributed by atoms with Gasteiger partial charge >= 0.3 is 5.69 Å². The number of nitrogens with zero attached hydrogens (tertiary/aromatic N) is 3. The van der Waals surface area contributed by atoms with E-state index in [1.54, 1.807) is 0 Å². The van der Waals surface area contributed by atoms with E-state index in [1.165, 1.54) is 6.92 Å². The summed E-state index contributed by atoms with van der Waals surface area (Å²) in [6.07, 6.45) is 0.834. The van der Waals surface area contributed by atoms with Crippen molar-refractivity contribution in [1.82, 2.24) is 15.1 Å². The maximum absolute atomic E-state index is 12.8. The average molecular weight is 302 g/mol. The fraction of sp³-hybridized carbons (Fsp3) is 0.667. The van der Waals surface area contributed by atoms with Gasteiger partial charge < -0.3 is 5.32 Å². The number of nitro groups is 1. The highest BCUT2D eigenvalue weighted by atomic mass is 19.3. The number of hydrogen-bond donors (Lipinski definition) is 1. The molecule has 0 bridgehead atoms. The second-order valence-electron chi connectivity index (χ2n) is 5.08.